The standard InChI is InChI=1S/C20H14ClN5O3S2/c21-13-5-1-2-6-14(13)22-16(27)11-25-20(29)26-15-7-9-31-17(15)18(28)24(19(26)23-25)10-12-4-3-8-30-12/h1-9H,10-11H2,(H,22,27). The highest BCUT2D eigenvalue weighted by Crippen LogP contribution is 2.21. The summed E-state index contributed by atoms with van der Waals surface area (Å²) in [7, 11) is 0. The Morgan fingerprint density at radius 3 is 2.68 bits per heavy atom. The van der Waals surface area contributed by atoms with E-state index in [0.29, 0.717) is 20.9 Å². The minimum atomic E-state index is -0.493. The number of benzene rings is 1. The molecule has 4 heterocycles. The normalized spacial score (nSPS) is 11.4. The van der Waals surface area contributed by atoms with Crippen molar-refractivity contribution in [1.82, 2.24) is 18.7 Å². The second-order valence-corrected chi connectivity index (χ2v) is 9.06. The molecule has 0 atom stereocenters. The number of halogens is 1. The largest absolute Gasteiger partial charge is 0.352 e. The number of para-hydroxylation sites is 1. The van der Waals surface area contributed by atoms with Crippen LogP contribution in [0.5, 0.6) is 0 Å². The third kappa shape index (κ3) is 3.48. The summed E-state index contributed by atoms with van der Waals surface area (Å²) in [4.78, 5) is 39.7. The average molecular weight is 472 g/mol. The molecule has 4 aromatic heterocycles. The van der Waals surface area contributed by atoms with Crippen LogP contribution in [-0.4, -0.2) is 24.7 Å². The van der Waals surface area contributed by atoms with Gasteiger partial charge in [-0.05, 0) is 35.0 Å². The number of anilines is 1. The third-order valence-corrected chi connectivity index (χ3v) is 6.81. The molecular weight excluding hydrogens is 458 g/mol. The molecule has 1 aromatic carbocycles. The predicted octanol–water partition coefficient (Wildman–Crippen LogP) is 3.27. The molecular formula is C20H14ClN5O3S2. The smallest absolute Gasteiger partial charge is 0.323 e. The molecule has 0 unspecified atom stereocenters. The highest BCUT2D eigenvalue weighted by atomic mass is 35.5. The number of hydrogen-bond donors (Lipinski definition) is 1. The van der Waals surface area contributed by atoms with Crippen molar-refractivity contribution >= 4 is 61.9 Å². The van der Waals surface area contributed by atoms with Crippen molar-refractivity contribution in [3.63, 3.8) is 0 Å². The van der Waals surface area contributed by atoms with E-state index in [9.17, 15) is 14.4 Å². The number of hydrogen-bond acceptors (Lipinski definition) is 6. The molecule has 31 heavy (non-hydrogen) atoms. The molecule has 8 nitrogen and oxygen atoms in total. The summed E-state index contributed by atoms with van der Waals surface area (Å²) in [6.45, 7) is -0.0271. The van der Waals surface area contributed by atoms with Crippen LogP contribution in [0.1, 0.15) is 4.88 Å². The first-order chi connectivity index (χ1) is 15.0. The topological polar surface area (TPSA) is 90.4 Å². The SMILES string of the molecule is O=C(Cn1nc2n(Cc3cccs3)c(=O)c3sccc3n2c1=O)Nc1ccccc1Cl. The molecule has 0 aliphatic rings. The van der Waals surface area contributed by atoms with Crippen molar-refractivity contribution in [1.29, 1.82) is 0 Å². The molecule has 1 N–H and O–H groups in total. The Hall–Kier alpha value is -3.21. The molecule has 5 rings (SSSR count). The highest BCUT2D eigenvalue weighted by molar-refractivity contribution is 7.17. The minimum Gasteiger partial charge on any atom is -0.323 e. The number of nitrogens with zero attached hydrogens (tertiary/aromatic N) is 4. The van der Waals surface area contributed by atoms with Crippen LogP contribution >= 0.6 is 34.3 Å². The lowest BCUT2D eigenvalue weighted by Gasteiger charge is -2.06. The number of nitrogens with one attached hydrogen (secondary N) is 1. The van der Waals surface area contributed by atoms with Gasteiger partial charge in [0, 0.05) is 4.88 Å². The Bertz CT molecular complexity index is 1540. The summed E-state index contributed by atoms with van der Waals surface area (Å²) >= 11 is 8.87. The lowest BCUT2D eigenvalue weighted by molar-refractivity contribution is -0.117. The van der Waals surface area contributed by atoms with Crippen LogP contribution in [0.3, 0.4) is 0 Å². The lowest BCUT2D eigenvalue weighted by atomic mass is 10.3. The van der Waals surface area contributed by atoms with Crippen molar-refractivity contribution in [3.8, 4) is 0 Å². The lowest BCUT2D eigenvalue weighted by Crippen LogP contribution is -2.29. The molecule has 0 aliphatic heterocycles. The van der Waals surface area contributed by atoms with Crippen LogP contribution in [0.15, 0.2) is 62.8 Å². The first-order valence-electron chi connectivity index (χ1n) is 9.19. The number of rotatable bonds is 5. The van der Waals surface area contributed by atoms with Gasteiger partial charge in [-0.1, -0.05) is 29.8 Å². The van der Waals surface area contributed by atoms with E-state index in [1.807, 2.05) is 17.5 Å². The summed E-state index contributed by atoms with van der Waals surface area (Å²) in [6.07, 6.45) is 0. The van der Waals surface area contributed by atoms with Gasteiger partial charge < -0.3 is 5.32 Å². The van der Waals surface area contributed by atoms with E-state index in [2.05, 4.69) is 10.4 Å². The molecule has 0 saturated heterocycles. The molecule has 156 valence electrons. The first-order valence-corrected chi connectivity index (χ1v) is 11.3. The van der Waals surface area contributed by atoms with Gasteiger partial charge >= 0.3 is 5.69 Å². The van der Waals surface area contributed by atoms with Gasteiger partial charge in [-0.25, -0.2) is 13.9 Å². The van der Waals surface area contributed by atoms with Gasteiger partial charge in [-0.2, -0.15) is 0 Å². The molecule has 0 bridgehead atoms. The summed E-state index contributed by atoms with van der Waals surface area (Å²) in [5.41, 5.74) is 0.215. The zero-order chi connectivity index (χ0) is 21.5. The van der Waals surface area contributed by atoms with E-state index >= 15 is 0 Å². The zero-order valence-electron chi connectivity index (χ0n) is 15.8. The summed E-state index contributed by atoms with van der Waals surface area (Å²) in [6, 6.07) is 12.3. The maximum atomic E-state index is 13.1. The summed E-state index contributed by atoms with van der Waals surface area (Å²) < 4.78 is 4.37. The van der Waals surface area contributed by atoms with Crippen molar-refractivity contribution in [2.45, 2.75) is 13.1 Å². The second kappa shape index (κ2) is 7.80. The Labute approximate surface area is 187 Å². The van der Waals surface area contributed by atoms with Gasteiger partial charge in [0.2, 0.25) is 11.7 Å². The Kier molecular flexibility index (Phi) is 4.97. The molecule has 1 amide bonds. The van der Waals surface area contributed by atoms with E-state index in [0.717, 1.165) is 9.56 Å². The Balaban J connectivity index is 1.60. The number of carbonyl (C=O) groups is 1. The van der Waals surface area contributed by atoms with Crippen molar-refractivity contribution in [3.05, 3.63) is 84.0 Å². The molecule has 0 radical (unpaired) electrons. The molecule has 0 fully saturated rings. The van der Waals surface area contributed by atoms with E-state index in [-0.39, 0.29) is 24.4 Å². The van der Waals surface area contributed by atoms with E-state index in [4.69, 9.17) is 11.6 Å². The van der Waals surface area contributed by atoms with Crippen LogP contribution < -0.4 is 16.6 Å². The second-order valence-electron chi connectivity index (χ2n) is 6.71. The average Bonchev–Trinajstić information content (AvgIpc) is 3.48. The van der Waals surface area contributed by atoms with Crippen LogP contribution in [-0.2, 0) is 17.9 Å². The van der Waals surface area contributed by atoms with Crippen molar-refractivity contribution in [2.24, 2.45) is 0 Å². The van der Waals surface area contributed by atoms with Crippen molar-refractivity contribution in [2.75, 3.05) is 5.32 Å². The van der Waals surface area contributed by atoms with Gasteiger partial charge in [0.1, 0.15) is 11.2 Å². The molecule has 0 saturated carbocycles. The maximum absolute atomic E-state index is 13.1. The van der Waals surface area contributed by atoms with Gasteiger partial charge in [0.05, 0.1) is 22.8 Å². The fourth-order valence-electron chi connectivity index (χ4n) is 3.33. The van der Waals surface area contributed by atoms with E-state index in [1.54, 1.807) is 35.7 Å². The number of amides is 1. The molecule has 0 spiro atoms. The zero-order valence-corrected chi connectivity index (χ0v) is 18.2. The predicted molar refractivity (Wildman–Crippen MR) is 123 cm³/mol. The van der Waals surface area contributed by atoms with Crippen LogP contribution in [0.25, 0.3) is 16.0 Å². The first kappa shape index (κ1) is 19.7. The molecule has 0 aliphatic carbocycles. The van der Waals surface area contributed by atoms with Crippen LogP contribution in [0.4, 0.5) is 5.69 Å². The van der Waals surface area contributed by atoms with Crippen LogP contribution in [0, 0.1) is 0 Å². The van der Waals surface area contributed by atoms with Gasteiger partial charge in [-0.3, -0.25) is 14.2 Å². The van der Waals surface area contributed by atoms with Crippen LogP contribution in [0.2, 0.25) is 5.02 Å². The summed E-state index contributed by atoms with van der Waals surface area (Å²) in [5, 5.41) is 11.1. The summed E-state index contributed by atoms with van der Waals surface area (Å²) in [5.74, 6) is -0.257. The molecule has 11 heteroatoms. The highest BCUT2D eigenvalue weighted by Gasteiger charge is 2.20. The number of aromatic nitrogens is 4. The maximum Gasteiger partial charge on any atom is 0.352 e. The Morgan fingerprint density at radius 2 is 1.90 bits per heavy atom. The number of thiophene rings is 2. The van der Waals surface area contributed by atoms with Gasteiger partial charge in [0.15, 0.2) is 0 Å². The van der Waals surface area contributed by atoms with E-state index < -0.39 is 11.6 Å². The van der Waals surface area contributed by atoms with E-state index in [1.165, 1.54) is 31.6 Å². The fraction of sp³-hybridized carbons (Fsp3) is 0.100. The van der Waals surface area contributed by atoms with Gasteiger partial charge in [-0.15, -0.1) is 27.8 Å². The minimum absolute atomic E-state index is 0.194. The van der Waals surface area contributed by atoms with Crippen molar-refractivity contribution < 1.29 is 4.79 Å². The number of fused-ring (bicyclic) bond motifs is 3. The monoisotopic (exact) mass is 471 g/mol. The third-order valence-electron chi connectivity index (χ3n) is 4.72. The van der Waals surface area contributed by atoms with Gasteiger partial charge in [0.25, 0.3) is 5.56 Å². The quantitative estimate of drug-likeness (QED) is 0.426. The Morgan fingerprint density at radius 1 is 1.06 bits per heavy atom. The molecule has 5 aromatic rings. The fourth-order valence-corrected chi connectivity index (χ4v) is 5.03. The number of carbonyl (C=O) groups excluding carboxylic acids is 1.